The molecule has 11 heavy (non-hydrogen) atoms. The molecular formula is C5H8N2O4. The predicted molar refractivity (Wildman–Crippen MR) is 34.5 cm³/mol. The van der Waals surface area contributed by atoms with Crippen molar-refractivity contribution in [1.82, 2.24) is 5.32 Å². The molecule has 0 heterocycles. The van der Waals surface area contributed by atoms with Gasteiger partial charge in [0, 0.05) is 0 Å². The molecule has 62 valence electrons. The van der Waals surface area contributed by atoms with E-state index < -0.39 is 30.7 Å². The second kappa shape index (κ2) is 4.26. The minimum atomic E-state index is -1.16. The van der Waals surface area contributed by atoms with Gasteiger partial charge in [0.25, 0.3) is 0 Å². The summed E-state index contributed by atoms with van der Waals surface area (Å²) in [5.41, 5.74) is 4.65. The minimum absolute atomic E-state index is 0.479. The zero-order valence-corrected chi connectivity index (χ0v) is 5.66. The van der Waals surface area contributed by atoms with Crippen molar-refractivity contribution in [3.05, 3.63) is 0 Å². The van der Waals surface area contributed by atoms with Gasteiger partial charge in [-0.05, 0) is 0 Å². The molecular weight excluding hydrogens is 152 g/mol. The number of carbonyl (C=O) groups excluding carboxylic acids is 2. The van der Waals surface area contributed by atoms with Gasteiger partial charge in [0.1, 0.15) is 13.0 Å². The van der Waals surface area contributed by atoms with Crippen LogP contribution in [-0.2, 0) is 14.4 Å². The molecule has 0 saturated heterocycles. The van der Waals surface area contributed by atoms with Crippen LogP contribution in [0, 0.1) is 0 Å². The zero-order chi connectivity index (χ0) is 8.85. The Bertz CT molecular complexity index is 189. The highest BCUT2D eigenvalue weighted by Gasteiger charge is 2.05. The van der Waals surface area contributed by atoms with Gasteiger partial charge in [0.15, 0.2) is 0 Å². The molecule has 0 aromatic rings. The van der Waals surface area contributed by atoms with E-state index in [2.05, 4.69) is 5.73 Å². The molecule has 0 aliphatic heterocycles. The van der Waals surface area contributed by atoms with E-state index in [9.17, 15) is 14.4 Å². The van der Waals surface area contributed by atoms with Gasteiger partial charge in [-0.1, -0.05) is 0 Å². The number of primary amides is 1. The lowest BCUT2D eigenvalue weighted by Crippen LogP contribution is -2.32. The monoisotopic (exact) mass is 160 g/mol. The maximum atomic E-state index is 10.5. The molecule has 0 aromatic carbocycles. The molecule has 0 bridgehead atoms. The van der Waals surface area contributed by atoms with Crippen LogP contribution in [0.5, 0.6) is 0 Å². The number of nitrogens with two attached hydrogens (primary N) is 1. The molecule has 6 heteroatoms. The van der Waals surface area contributed by atoms with Crippen LogP contribution >= 0.6 is 0 Å². The highest BCUT2D eigenvalue weighted by atomic mass is 16.4. The molecule has 0 aromatic heterocycles. The normalized spacial score (nSPS) is 8.73. The van der Waals surface area contributed by atoms with Crippen LogP contribution in [0.15, 0.2) is 0 Å². The summed E-state index contributed by atoms with van der Waals surface area (Å²) in [6.45, 7) is -0.494. The topological polar surface area (TPSA) is 109 Å². The van der Waals surface area contributed by atoms with Crippen LogP contribution < -0.4 is 11.1 Å². The summed E-state index contributed by atoms with van der Waals surface area (Å²) in [5, 5.41) is 10.0. The minimum Gasteiger partial charge on any atom is -0.480 e. The number of rotatable bonds is 4. The van der Waals surface area contributed by atoms with Crippen LogP contribution in [-0.4, -0.2) is 29.4 Å². The second-order valence-corrected chi connectivity index (χ2v) is 1.81. The quantitative estimate of drug-likeness (QED) is 0.415. The third-order valence-corrected chi connectivity index (χ3v) is 0.772. The first-order valence-corrected chi connectivity index (χ1v) is 2.79. The standard InChI is InChI=1S/C5H8N2O4/c6-3(8)1-4(9)7-2-5(10)11/h1-2H2,(H2,6,8)(H,7,9)(H,10,11). The van der Waals surface area contributed by atoms with Crippen LogP contribution in [0.3, 0.4) is 0 Å². The summed E-state index contributed by atoms with van der Waals surface area (Å²) in [6, 6.07) is 0. The summed E-state index contributed by atoms with van der Waals surface area (Å²) >= 11 is 0. The van der Waals surface area contributed by atoms with Crippen LogP contribution in [0.25, 0.3) is 0 Å². The lowest BCUT2D eigenvalue weighted by atomic mass is 10.4. The van der Waals surface area contributed by atoms with E-state index in [-0.39, 0.29) is 0 Å². The van der Waals surface area contributed by atoms with Crippen molar-refractivity contribution >= 4 is 17.8 Å². The third-order valence-electron chi connectivity index (χ3n) is 0.772. The summed E-state index contributed by atoms with van der Waals surface area (Å²) in [4.78, 5) is 30.4. The molecule has 0 aliphatic rings. The Kier molecular flexibility index (Phi) is 3.65. The molecule has 6 nitrogen and oxygen atoms in total. The first-order valence-electron chi connectivity index (χ1n) is 2.79. The smallest absolute Gasteiger partial charge is 0.322 e. The van der Waals surface area contributed by atoms with Gasteiger partial charge in [0.2, 0.25) is 11.8 Å². The Morgan fingerprint density at radius 2 is 1.91 bits per heavy atom. The van der Waals surface area contributed by atoms with Gasteiger partial charge in [-0.3, -0.25) is 14.4 Å². The molecule has 0 saturated carbocycles. The number of hydrogen-bond donors (Lipinski definition) is 3. The van der Waals surface area contributed by atoms with Crippen molar-refractivity contribution < 1.29 is 19.5 Å². The van der Waals surface area contributed by atoms with E-state index >= 15 is 0 Å². The third kappa shape index (κ3) is 6.29. The summed E-state index contributed by atoms with van der Waals surface area (Å²) in [5.74, 6) is -2.63. The van der Waals surface area contributed by atoms with E-state index in [0.29, 0.717) is 0 Å². The van der Waals surface area contributed by atoms with Gasteiger partial charge >= 0.3 is 5.97 Å². The lowest BCUT2D eigenvalue weighted by molar-refractivity contribution is -0.138. The molecule has 4 N–H and O–H groups in total. The average molecular weight is 160 g/mol. The highest BCUT2D eigenvalue weighted by molar-refractivity contribution is 5.96. The van der Waals surface area contributed by atoms with Crippen molar-refractivity contribution in [2.45, 2.75) is 6.42 Å². The van der Waals surface area contributed by atoms with E-state index in [4.69, 9.17) is 5.11 Å². The van der Waals surface area contributed by atoms with E-state index in [1.165, 1.54) is 0 Å². The Balaban J connectivity index is 3.53. The van der Waals surface area contributed by atoms with Crippen molar-refractivity contribution in [3.8, 4) is 0 Å². The molecule has 0 aliphatic carbocycles. The number of hydrogen-bond acceptors (Lipinski definition) is 3. The second-order valence-electron chi connectivity index (χ2n) is 1.81. The van der Waals surface area contributed by atoms with Crippen LogP contribution in [0.2, 0.25) is 0 Å². The van der Waals surface area contributed by atoms with Gasteiger partial charge in [0.05, 0.1) is 0 Å². The van der Waals surface area contributed by atoms with Crippen LogP contribution in [0.4, 0.5) is 0 Å². The van der Waals surface area contributed by atoms with Gasteiger partial charge in [-0.15, -0.1) is 0 Å². The molecule has 2 amide bonds. The molecule has 0 fully saturated rings. The average Bonchev–Trinajstić information content (AvgIpc) is 1.82. The number of aliphatic carboxylic acids is 1. The maximum absolute atomic E-state index is 10.5. The SMILES string of the molecule is NC(=O)CC(=O)NCC(=O)O. The van der Waals surface area contributed by atoms with Crippen molar-refractivity contribution in [2.24, 2.45) is 5.73 Å². The summed E-state index contributed by atoms with van der Waals surface area (Å²) in [7, 11) is 0. The van der Waals surface area contributed by atoms with Crippen molar-refractivity contribution in [2.75, 3.05) is 6.54 Å². The van der Waals surface area contributed by atoms with Gasteiger partial charge in [-0.25, -0.2) is 0 Å². The molecule has 0 radical (unpaired) electrons. The number of carbonyl (C=O) groups is 3. The van der Waals surface area contributed by atoms with Gasteiger partial charge < -0.3 is 16.2 Å². The Labute approximate surface area is 62.4 Å². The van der Waals surface area contributed by atoms with Crippen molar-refractivity contribution in [1.29, 1.82) is 0 Å². The largest absolute Gasteiger partial charge is 0.480 e. The molecule has 0 unspecified atom stereocenters. The molecule has 0 spiro atoms. The maximum Gasteiger partial charge on any atom is 0.322 e. The van der Waals surface area contributed by atoms with E-state index in [1.807, 2.05) is 5.32 Å². The summed E-state index contributed by atoms with van der Waals surface area (Å²) < 4.78 is 0. The number of nitrogens with one attached hydrogen (secondary N) is 1. The lowest BCUT2D eigenvalue weighted by Gasteiger charge is -1.97. The summed E-state index contributed by atoms with van der Waals surface area (Å²) in [6.07, 6.45) is -0.479. The fourth-order valence-electron chi connectivity index (χ4n) is 0.395. The van der Waals surface area contributed by atoms with Crippen LogP contribution in [0.1, 0.15) is 6.42 Å². The molecule has 0 atom stereocenters. The number of carboxylic acid groups (broad SMARTS) is 1. The van der Waals surface area contributed by atoms with E-state index in [0.717, 1.165) is 0 Å². The Hall–Kier alpha value is -1.59. The Morgan fingerprint density at radius 3 is 2.27 bits per heavy atom. The Morgan fingerprint density at radius 1 is 1.36 bits per heavy atom. The first kappa shape index (κ1) is 9.41. The number of carboxylic acids is 1. The fraction of sp³-hybridized carbons (Fsp3) is 0.400. The zero-order valence-electron chi connectivity index (χ0n) is 5.66. The molecule has 0 rings (SSSR count). The number of amides is 2. The van der Waals surface area contributed by atoms with E-state index in [1.54, 1.807) is 0 Å². The predicted octanol–water partition coefficient (Wildman–Crippen LogP) is -1.94. The van der Waals surface area contributed by atoms with Crippen molar-refractivity contribution in [3.63, 3.8) is 0 Å². The fourth-order valence-corrected chi connectivity index (χ4v) is 0.395. The van der Waals surface area contributed by atoms with Gasteiger partial charge in [-0.2, -0.15) is 0 Å². The first-order chi connectivity index (χ1) is 5.02. The highest BCUT2D eigenvalue weighted by Crippen LogP contribution is 1.75.